The molecule has 3 nitrogen and oxygen atoms in total. The van der Waals surface area contributed by atoms with E-state index in [2.05, 4.69) is 18.0 Å². The molecule has 0 atom stereocenters. The van der Waals surface area contributed by atoms with Gasteiger partial charge in [-0.3, -0.25) is 0 Å². The first-order chi connectivity index (χ1) is 8.86. The van der Waals surface area contributed by atoms with Gasteiger partial charge in [-0.1, -0.05) is 24.3 Å². The highest BCUT2D eigenvalue weighted by atomic mass is 16.5. The molecule has 0 radical (unpaired) electrons. The molecule has 0 aliphatic heterocycles. The average molecular weight is 245 g/mol. The van der Waals surface area contributed by atoms with E-state index in [4.69, 9.17) is 9.15 Å². The van der Waals surface area contributed by atoms with Crippen molar-refractivity contribution in [1.29, 1.82) is 0 Å². The van der Waals surface area contributed by atoms with E-state index >= 15 is 0 Å². The zero-order chi connectivity index (χ0) is 12.8. The van der Waals surface area contributed by atoms with Crippen molar-refractivity contribution in [2.24, 2.45) is 0 Å². The third-order valence-corrected chi connectivity index (χ3v) is 2.83. The number of benzene rings is 1. The van der Waals surface area contributed by atoms with Crippen molar-refractivity contribution in [3.63, 3.8) is 0 Å². The molecule has 0 saturated carbocycles. The van der Waals surface area contributed by atoms with Crippen molar-refractivity contribution in [2.45, 2.75) is 19.6 Å². The van der Waals surface area contributed by atoms with Gasteiger partial charge >= 0.3 is 0 Å². The number of furan rings is 1. The van der Waals surface area contributed by atoms with Crippen LogP contribution in [0, 0.1) is 0 Å². The minimum Gasteiger partial charge on any atom is -0.458 e. The highest BCUT2D eigenvalue weighted by Gasteiger charge is 2.12. The molecule has 1 N–H and O–H groups in total. The van der Waals surface area contributed by atoms with Crippen LogP contribution >= 0.6 is 0 Å². The van der Waals surface area contributed by atoms with Gasteiger partial charge in [0.05, 0.1) is 6.61 Å². The third-order valence-electron chi connectivity index (χ3n) is 2.83. The summed E-state index contributed by atoms with van der Waals surface area (Å²) >= 11 is 0. The molecule has 3 heteroatoms. The zero-order valence-corrected chi connectivity index (χ0v) is 10.7. The standard InChI is InChI=1S/C15H19NO2/c1-3-4-9-17-11-15-13(10-16-2)12-7-5-6-8-14(12)18-15/h3,5-8,16H,1,4,9-11H2,2H3. The van der Waals surface area contributed by atoms with Gasteiger partial charge in [0.25, 0.3) is 0 Å². The highest BCUT2D eigenvalue weighted by Crippen LogP contribution is 2.26. The molecule has 96 valence electrons. The first-order valence-corrected chi connectivity index (χ1v) is 6.19. The summed E-state index contributed by atoms with van der Waals surface area (Å²) in [5, 5.41) is 4.33. The number of hydrogen-bond acceptors (Lipinski definition) is 3. The van der Waals surface area contributed by atoms with E-state index in [9.17, 15) is 0 Å². The zero-order valence-electron chi connectivity index (χ0n) is 10.7. The summed E-state index contributed by atoms with van der Waals surface area (Å²) in [5.41, 5.74) is 2.11. The summed E-state index contributed by atoms with van der Waals surface area (Å²) in [5.74, 6) is 0.912. The van der Waals surface area contributed by atoms with E-state index in [1.165, 1.54) is 5.56 Å². The molecule has 0 aliphatic rings. The lowest BCUT2D eigenvalue weighted by molar-refractivity contribution is 0.110. The molecule has 2 aromatic rings. The van der Waals surface area contributed by atoms with Crippen molar-refractivity contribution < 1.29 is 9.15 Å². The van der Waals surface area contributed by atoms with Crippen LogP contribution in [0.4, 0.5) is 0 Å². The average Bonchev–Trinajstić information content (AvgIpc) is 2.74. The van der Waals surface area contributed by atoms with Crippen molar-refractivity contribution >= 4 is 11.0 Å². The van der Waals surface area contributed by atoms with E-state index in [0.717, 1.165) is 29.7 Å². The summed E-state index contributed by atoms with van der Waals surface area (Å²) in [6.07, 6.45) is 2.72. The van der Waals surface area contributed by atoms with Gasteiger partial charge in [-0.15, -0.1) is 6.58 Å². The number of ether oxygens (including phenoxy) is 1. The Morgan fingerprint density at radius 2 is 2.22 bits per heavy atom. The van der Waals surface area contributed by atoms with E-state index in [1.807, 2.05) is 31.3 Å². The highest BCUT2D eigenvalue weighted by molar-refractivity contribution is 5.82. The summed E-state index contributed by atoms with van der Waals surface area (Å²) in [7, 11) is 1.93. The van der Waals surface area contributed by atoms with Crippen molar-refractivity contribution in [3.05, 3.63) is 48.2 Å². The second-order valence-electron chi connectivity index (χ2n) is 4.16. The molecule has 1 heterocycles. The third kappa shape index (κ3) is 2.81. The van der Waals surface area contributed by atoms with Crippen LogP contribution in [0.5, 0.6) is 0 Å². The SMILES string of the molecule is C=CCCOCc1oc2ccccc2c1CNC. The number of nitrogens with one attached hydrogen (secondary N) is 1. The number of rotatable bonds is 7. The molecule has 18 heavy (non-hydrogen) atoms. The van der Waals surface area contributed by atoms with Gasteiger partial charge < -0.3 is 14.5 Å². The van der Waals surface area contributed by atoms with Crippen molar-refractivity contribution in [1.82, 2.24) is 5.32 Å². The molecule has 0 bridgehead atoms. The molecule has 0 spiro atoms. The lowest BCUT2D eigenvalue weighted by Gasteiger charge is -2.03. The van der Waals surface area contributed by atoms with Crippen LogP contribution < -0.4 is 5.32 Å². The summed E-state index contributed by atoms with van der Waals surface area (Å²) in [4.78, 5) is 0. The lowest BCUT2D eigenvalue weighted by Crippen LogP contribution is -2.07. The Labute approximate surface area is 107 Å². The number of fused-ring (bicyclic) bond motifs is 1. The van der Waals surface area contributed by atoms with E-state index in [1.54, 1.807) is 0 Å². The van der Waals surface area contributed by atoms with Crippen LogP contribution in [0.25, 0.3) is 11.0 Å². The monoisotopic (exact) mass is 245 g/mol. The smallest absolute Gasteiger partial charge is 0.135 e. The topological polar surface area (TPSA) is 34.4 Å². The molecule has 1 aromatic carbocycles. The fraction of sp³-hybridized carbons (Fsp3) is 0.333. The van der Waals surface area contributed by atoms with Gasteiger partial charge in [-0.05, 0) is 19.5 Å². The maximum absolute atomic E-state index is 5.84. The predicted octanol–water partition coefficient (Wildman–Crippen LogP) is 3.24. The summed E-state index contributed by atoms with van der Waals surface area (Å²) < 4.78 is 11.4. The van der Waals surface area contributed by atoms with Crippen LogP contribution in [0.3, 0.4) is 0 Å². The van der Waals surface area contributed by atoms with E-state index in [-0.39, 0.29) is 0 Å². The molecular weight excluding hydrogens is 226 g/mol. The van der Waals surface area contributed by atoms with E-state index in [0.29, 0.717) is 13.2 Å². The minimum absolute atomic E-state index is 0.513. The first-order valence-electron chi connectivity index (χ1n) is 6.19. The Hall–Kier alpha value is -1.58. The van der Waals surface area contributed by atoms with E-state index < -0.39 is 0 Å². The quantitative estimate of drug-likeness (QED) is 0.600. The van der Waals surface area contributed by atoms with Crippen LogP contribution in [0.15, 0.2) is 41.3 Å². The van der Waals surface area contributed by atoms with Crippen molar-refractivity contribution in [2.75, 3.05) is 13.7 Å². The molecule has 0 amide bonds. The second-order valence-corrected chi connectivity index (χ2v) is 4.16. The number of hydrogen-bond donors (Lipinski definition) is 1. The van der Waals surface area contributed by atoms with Gasteiger partial charge in [-0.2, -0.15) is 0 Å². The molecule has 0 fully saturated rings. The Morgan fingerprint density at radius 3 is 3.00 bits per heavy atom. The van der Waals surface area contributed by atoms with Crippen LogP contribution in [-0.4, -0.2) is 13.7 Å². The molecular formula is C15H19NO2. The number of para-hydroxylation sites is 1. The van der Waals surface area contributed by atoms with Crippen LogP contribution in [-0.2, 0) is 17.9 Å². The molecule has 0 saturated heterocycles. The predicted molar refractivity (Wildman–Crippen MR) is 73.4 cm³/mol. The Balaban J connectivity index is 2.19. The summed E-state index contributed by atoms with van der Waals surface area (Å²) in [6, 6.07) is 8.08. The van der Waals surface area contributed by atoms with Crippen LogP contribution in [0.1, 0.15) is 17.7 Å². The Bertz CT molecular complexity index is 516. The Morgan fingerprint density at radius 1 is 1.39 bits per heavy atom. The largest absolute Gasteiger partial charge is 0.458 e. The normalized spacial score (nSPS) is 10.9. The molecule has 0 aliphatic carbocycles. The van der Waals surface area contributed by atoms with Gasteiger partial charge in [0.15, 0.2) is 0 Å². The van der Waals surface area contributed by atoms with Crippen molar-refractivity contribution in [3.8, 4) is 0 Å². The maximum atomic E-state index is 5.84. The van der Waals surface area contributed by atoms with Gasteiger partial charge in [-0.25, -0.2) is 0 Å². The van der Waals surface area contributed by atoms with Gasteiger partial charge in [0, 0.05) is 17.5 Å². The first kappa shape index (κ1) is 12.9. The van der Waals surface area contributed by atoms with Gasteiger partial charge in [0.1, 0.15) is 18.0 Å². The maximum Gasteiger partial charge on any atom is 0.135 e. The fourth-order valence-electron chi connectivity index (χ4n) is 1.97. The minimum atomic E-state index is 0.513. The molecule has 0 unspecified atom stereocenters. The Kier molecular flexibility index (Phi) is 4.56. The lowest BCUT2D eigenvalue weighted by atomic mass is 10.1. The van der Waals surface area contributed by atoms with Crippen LogP contribution in [0.2, 0.25) is 0 Å². The summed E-state index contributed by atoms with van der Waals surface area (Å²) in [6.45, 7) is 5.66. The second kappa shape index (κ2) is 6.38. The van der Waals surface area contributed by atoms with Gasteiger partial charge in [0.2, 0.25) is 0 Å². The molecule has 2 rings (SSSR count). The molecule has 1 aromatic heterocycles. The fourth-order valence-corrected chi connectivity index (χ4v) is 1.97.